The molecule has 0 spiro atoms. The van der Waals surface area contributed by atoms with Crippen molar-refractivity contribution in [2.24, 2.45) is 5.41 Å². The fraction of sp³-hybridized carbons (Fsp3) is 0.464. The largest absolute Gasteiger partial charge is 0.497 e. The molecular weight excluding hydrogens is 483 g/mol. The van der Waals surface area contributed by atoms with E-state index in [0.717, 1.165) is 44.6 Å². The lowest BCUT2D eigenvalue weighted by molar-refractivity contribution is 0.0304. The highest BCUT2D eigenvalue weighted by atomic mass is 35.5. The van der Waals surface area contributed by atoms with Crippen LogP contribution in [0.2, 0.25) is 5.02 Å². The molecule has 0 unspecified atom stereocenters. The standard InChI is InChI=1S/C28H34ClFN2O2S/c1-34-21-8-9-26-23(18-21)27(24(29)19-31-26)25(30)10-11-28(20-33)12-15-32(16-13-28)14-5-17-35-22-6-3-2-4-7-22/h2-4,6-9,18-19,25,33H,5,10-17,20H2,1H3/t25-/m1/s1. The normalized spacial score (nSPS) is 16.9. The number of aliphatic hydroxyl groups is 1. The molecule has 188 valence electrons. The van der Waals surface area contributed by atoms with Gasteiger partial charge in [-0.25, -0.2) is 4.39 Å². The summed E-state index contributed by atoms with van der Waals surface area (Å²) < 4.78 is 20.9. The summed E-state index contributed by atoms with van der Waals surface area (Å²) in [5.74, 6) is 1.75. The number of likely N-dealkylation sites (tertiary alicyclic amines) is 1. The summed E-state index contributed by atoms with van der Waals surface area (Å²) in [4.78, 5) is 8.12. The van der Waals surface area contributed by atoms with Crippen LogP contribution in [-0.4, -0.2) is 54.1 Å². The van der Waals surface area contributed by atoms with Gasteiger partial charge < -0.3 is 14.7 Å². The van der Waals surface area contributed by atoms with E-state index >= 15 is 4.39 Å². The Morgan fingerprint density at radius 2 is 1.97 bits per heavy atom. The minimum Gasteiger partial charge on any atom is -0.497 e. The van der Waals surface area contributed by atoms with Gasteiger partial charge in [0.05, 0.1) is 17.6 Å². The van der Waals surface area contributed by atoms with Crippen LogP contribution in [0.25, 0.3) is 10.9 Å². The molecule has 1 aliphatic heterocycles. The highest BCUT2D eigenvalue weighted by molar-refractivity contribution is 7.99. The number of rotatable bonds is 11. The fourth-order valence-electron chi connectivity index (χ4n) is 4.92. The van der Waals surface area contributed by atoms with E-state index < -0.39 is 6.17 Å². The topological polar surface area (TPSA) is 45.6 Å². The SMILES string of the molecule is COc1ccc2ncc(Cl)c([C@H](F)CCC3(CO)CCN(CCCSc4ccccc4)CC3)c2c1. The molecule has 1 fully saturated rings. The van der Waals surface area contributed by atoms with Crippen LogP contribution in [0.3, 0.4) is 0 Å². The predicted molar refractivity (Wildman–Crippen MR) is 143 cm³/mol. The number of aromatic nitrogens is 1. The summed E-state index contributed by atoms with van der Waals surface area (Å²) in [7, 11) is 1.59. The zero-order chi connectivity index (χ0) is 24.7. The number of fused-ring (bicyclic) bond motifs is 1. The molecule has 0 bridgehead atoms. The number of nitrogens with zero attached hydrogens (tertiary/aromatic N) is 2. The molecule has 2 aromatic carbocycles. The summed E-state index contributed by atoms with van der Waals surface area (Å²) in [6, 6.07) is 15.9. The molecule has 1 aliphatic rings. The average Bonchev–Trinajstić information content (AvgIpc) is 2.90. The Morgan fingerprint density at radius 1 is 1.20 bits per heavy atom. The molecular formula is C28H34ClFN2O2S. The maximum atomic E-state index is 15.6. The second kappa shape index (κ2) is 12.4. The van der Waals surface area contributed by atoms with Crippen molar-refractivity contribution in [3.05, 3.63) is 65.3 Å². The van der Waals surface area contributed by atoms with Gasteiger partial charge in [-0.05, 0) is 93.2 Å². The lowest BCUT2D eigenvalue weighted by atomic mass is 9.74. The van der Waals surface area contributed by atoms with Crippen LogP contribution < -0.4 is 4.74 Å². The van der Waals surface area contributed by atoms with Gasteiger partial charge in [-0.2, -0.15) is 0 Å². The predicted octanol–water partition coefficient (Wildman–Crippen LogP) is 6.94. The van der Waals surface area contributed by atoms with Crippen molar-refractivity contribution in [1.82, 2.24) is 9.88 Å². The average molecular weight is 517 g/mol. The number of thioether (sulfide) groups is 1. The summed E-state index contributed by atoms with van der Waals surface area (Å²) in [6.45, 7) is 3.05. The van der Waals surface area contributed by atoms with Gasteiger partial charge in [-0.3, -0.25) is 4.98 Å². The minimum atomic E-state index is -1.23. The number of hydrogen-bond acceptors (Lipinski definition) is 5. The number of benzene rings is 2. The van der Waals surface area contributed by atoms with Gasteiger partial charge in [0, 0.05) is 28.6 Å². The van der Waals surface area contributed by atoms with Crippen molar-refractivity contribution < 1.29 is 14.2 Å². The van der Waals surface area contributed by atoms with Gasteiger partial charge in [0.15, 0.2) is 0 Å². The number of ether oxygens (including phenoxy) is 1. The molecule has 0 amide bonds. The quantitative estimate of drug-likeness (QED) is 0.221. The molecule has 4 nitrogen and oxygen atoms in total. The maximum Gasteiger partial charge on any atom is 0.127 e. The first-order valence-corrected chi connectivity index (χ1v) is 13.7. The van der Waals surface area contributed by atoms with E-state index in [1.165, 1.54) is 11.1 Å². The Balaban J connectivity index is 1.30. The lowest BCUT2D eigenvalue weighted by Crippen LogP contribution is -2.42. The zero-order valence-corrected chi connectivity index (χ0v) is 21.8. The van der Waals surface area contributed by atoms with Crippen molar-refractivity contribution >= 4 is 34.3 Å². The molecule has 0 radical (unpaired) electrons. The Kier molecular flexibility index (Phi) is 9.28. The summed E-state index contributed by atoms with van der Waals surface area (Å²) in [6.07, 6.45) is 4.17. The van der Waals surface area contributed by atoms with Gasteiger partial charge in [0.25, 0.3) is 0 Å². The molecule has 0 saturated carbocycles. The fourth-order valence-corrected chi connectivity index (χ4v) is 6.05. The van der Waals surface area contributed by atoms with Gasteiger partial charge >= 0.3 is 0 Å². The molecule has 1 N–H and O–H groups in total. The number of halogens is 2. The van der Waals surface area contributed by atoms with E-state index in [2.05, 4.69) is 34.1 Å². The number of methoxy groups -OCH3 is 1. The van der Waals surface area contributed by atoms with Crippen molar-refractivity contribution in [3.63, 3.8) is 0 Å². The Bertz CT molecular complexity index is 1090. The second-order valence-electron chi connectivity index (χ2n) is 9.42. The number of piperidine rings is 1. The number of pyridine rings is 1. The first-order valence-electron chi connectivity index (χ1n) is 12.3. The van der Waals surface area contributed by atoms with Crippen molar-refractivity contribution in [3.8, 4) is 5.75 Å². The molecule has 2 heterocycles. The third kappa shape index (κ3) is 6.67. The Labute approximate surface area is 216 Å². The molecule has 3 aromatic rings. The number of hydrogen-bond donors (Lipinski definition) is 1. The number of aliphatic hydroxyl groups excluding tert-OH is 1. The van der Waals surface area contributed by atoms with Crippen LogP contribution in [0.1, 0.15) is 43.8 Å². The van der Waals surface area contributed by atoms with Crippen LogP contribution in [0, 0.1) is 5.41 Å². The zero-order valence-electron chi connectivity index (χ0n) is 20.3. The van der Waals surface area contributed by atoms with E-state index in [9.17, 15) is 5.11 Å². The molecule has 35 heavy (non-hydrogen) atoms. The lowest BCUT2D eigenvalue weighted by Gasteiger charge is -2.41. The third-order valence-corrected chi connectivity index (χ3v) is 8.59. The van der Waals surface area contributed by atoms with Crippen molar-refractivity contribution in [2.45, 2.75) is 43.2 Å². The molecule has 1 aromatic heterocycles. The van der Waals surface area contributed by atoms with Gasteiger partial charge in [0.2, 0.25) is 0 Å². The second-order valence-corrected chi connectivity index (χ2v) is 11.0. The van der Waals surface area contributed by atoms with Crippen LogP contribution in [-0.2, 0) is 0 Å². The van der Waals surface area contributed by atoms with E-state index in [1.54, 1.807) is 13.2 Å². The van der Waals surface area contributed by atoms with Crippen molar-refractivity contribution in [1.29, 1.82) is 0 Å². The maximum absolute atomic E-state index is 15.6. The molecule has 1 atom stereocenters. The highest BCUT2D eigenvalue weighted by Gasteiger charge is 2.35. The third-order valence-electron chi connectivity index (χ3n) is 7.19. The molecule has 0 aliphatic carbocycles. The Morgan fingerprint density at radius 3 is 2.69 bits per heavy atom. The molecule has 7 heteroatoms. The van der Waals surface area contributed by atoms with Crippen LogP contribution in [0.15, 0.2) is 59.6 Å². The smallest absolute Gasteiger partial charge is 0.127 e. The summed E-state index contributed by atoms with van der Waals surface area (Å²) in [5, 5.41) is 11.3. The van der Waals surface area contributed by atoms with Crippen LogP contribution in [0.4, 0.5) is 4.39 Å². The van der Waals surface area contributed by atoms with Gasteiger partial charge in [-0.15, -0.1) is 11.8 Å². The molecule has 4 rings (SSSR count). The monoisotopic (exact) mass is 516 g/mol. The van der Waals surface area contributed by atoms with E-state index in [-0.39, 0.29) is 12.0 Å². The highest BCUT2D eigenvalue weighted by Crippen LogP contribution is 2.42. The minimum absolute atomic E-state index is 0.0933. The van der Waals surface area contributed by atoms with Crippen LogP contribution in [0.5, 0.6) is 5.75 Å². The summed E-state index contributed by atoms with van der Waals surface area (Å²) >= 11 is 8.30. The van der Waals surface area contributed by atoms with Gasteiger partial charge in [0.1, 0.15) is 11.9 Å². The Hall–Kier alpha value is -1.86. The van der Waals surface area contributed by atoms with Crippen LogP contribution >= 0.6 is 23.4 Å². The van der Waals surface area contributed by atoms with Crippen molar-refractivity contribution in [2.75, 3.05) is 39.1 Å². The van der Waals surface area contributed by atoms with E-state index in [0.29, 0.717) is 40.1 Å². The van der Waals surface area contributed by atoms with E-state index in [1.807, 2.05) is 30.0 Å². The summed E-state index contributed by atoms with van der Waals surface area (Å²) in [5.41, 5.74) is 0.938. The first-order chi connectivity index (χ1) is 17.0. The number of alkyl halides is 1. The van der Waals surface area contributed by atoms with E-state index in [4.69, 9.17) is 16.3 Å². The molecule has 1 saturated heterocycles. The first kappa shape index (κ1) is 26.2. The van der Waals surface area contributed by atoms with Gasteiger partial charge in [-0.1, -0.05) is 29.8 Å².